The molecule has 1 aliphatic rings. The Morgan fingerprint density at radius 2 is 2.00 bits per heavy atom. The molecule has 0 bridgehead atoms. The lowest BCUT2D eigenvalue weighted by Crippen LogP contribution is -2.45. The second-order valence-corrected chi connectivity index (χ2v) is 7.10. The molecule has 0 unspecified atom stereocenters. The highest BCUT2D eigenvalue weighted by molar-refractivity contribution is 14.0. The largest absolute Gasteiger partial charge is 0.357 e. The predicted octanol–water partition coefficient (Wildman–Crippen LogP) is 3.70. The number of hydrogen-bond acceptors (Lipinski definition) is 4. The molecule has 0 atom stereocenters. The van der Waals surface area contributed by atoms with Crippen LogP contribution >= 0.6 is 24.0 Å². The summed E-state index contributed by atoms with van der Waals surface area (Å²) in [4.78, 5) is 8.91. The Morgan fingerprint density at radius 3 is 2.56 bits per heavy atom. The zero-order valence-electron chi connectivity index (χ0n) is 16.0. The van der Waals surface area contributed by atoms with Gasteiger partial charge in [0.15, 0.2) is 11.8 Å². The third-order valence-electron chi connectivity index (χ3n) is 4.79. The normalized spacial score (nSPS) is 21.1. The van der Waals surface area contributed by atoms with Crippen molar-refractivity contribution in [3.05, 3.63) is 11.7 Å². The van der Waals surface area contributed by atoms with Crippen molar-refractivity contribution in [3.8, 4) is 0 Å². The van der Waals surface area contributed by atoms with Crippen LogP contribution in [0.3, 0.4) is 0 Å². The molecule has 1 aliphatic carbocycles. The molecular formula is C18H34IN5O. The Hall–Kier alpha value is -0.860. The van der Waals surface area contributed by atoms with Crippen LogP contribution in [-0.4, -0.2) is 35.2 Å². The lowest BCUT2D eigenvalue weighted by Gasteiger charge is -2.32. The second-order valence-electron chi connectivity index (χ2n) is 7.10. The first-order chi connectivity index (χ1) is 11.6. The van der Waals surface area contributed by atoms with Gasteiger partial charge in [-0.05, 0) is 57.8 Å². The standard InChI is InChI=1S/C18H33N5O.HI/c1-5-19-18(20-12-6-7-17-21-14(4)23-24-17)22-16-10-8-15(9-11-16)13(2)3;/h13,15-16H,5-12H2,1-4H3,(H2,19,20,22);1H. The first kappa shape index (κ1) is 22.2. The van der Waals surface area contributed by atoms with Crippen molar-refractivity contribution in [1.29, 1.82) is 0 Å². The molecule has 1 heterocycles. The quantitative estimate of drug-likeness (QED) is 0.279. The third-order valence-corrected chi connectivity index (χ3v) is 4.79. The number of nitrogens with zero attached hydrogens (tertiary/aromatic N) is 3. The molecule has 0 spiro atoms. The van der Waals surface area contributed by atoms with Crippen LogP contribution in [0.1, 0.15) is 64.6 Å². The number of aryl methyl sites for hydroxylation is 2. The Morgan fingerprint density at radius 1 is 1.28 bits per heavy atom. The zero-order valence-corrected chi connectivity index (χ0v) is 18.4. The van der Waals surface area contributed by atoms with E-state index in [-0.39, 0.29) is 24.0 Å². The second kappa shape index (κ2) is 11.7. The number of halogens is 1. The highest BCUT2D eigenvalue weighted by Gasteiger charge is 2.23. The lowest BCUT2D eigenvalue weighted by atomic mass is 9.80. The highest BCUT2D eigenvalue weighted by Crippen LogP contribution is 2.29. The van der Waals surface area contributed by atoms with Crippen molar-refractivity contribution in [2.24, 2.45) is 16.8 Å². The fraction of sp³-hybridized carbons (Fsp3) is 0.833. The maximum absolute atomic E-state index is 5.13. The van der Waals surface area contributed by atoms with E-state index in [1.165, 1.54) is 25.7 Å². The summed E-state index contributed by atoms with van der Waals surface area (Å²) < 4.78 is 5.13. The smallest absolute Gasteiger partial charge is 0.226 e. The minimum absolute atomic E-state index is 0. The van der Waals surface area contributed by atoms with Crippen molar-refractivity contribution in [3.63, 3.8) is 0 Å². The molecule has 7 heteroatoms. The maximum Gasteiger partial charge on any atom is 0.226 e. The molecule has 25 heavy (non-hydrogen) atoms. The van der Waals surface area contributed by atoms with E-state index >= 15 is 0 Å². The molecule has 1 aromatic rings. The number of aromatic nitrogens is 2. The van der Waals surface area contributed by atoms with Gasteiger partial charge in [0, 0.05) is 25.6 Å². The van der Waals surface area contributed by atoms with Gasteiger partial charge in [0.25, 0.3) is 0 Å². The number of guanidine groups is 1. The van der Waals surface area contributed by atoms with E-state index in [2.05, 4.69) is 46.5 Å². The number of rotatable bonds is 7. The number of aliphatic imine (C=N–C) groups is 1. The molecule has 144 valence electrons. The molecule has 2 rings (SSSR count). The van der Waals surface area contributed by atoms with Crippen LogP contribution in [-0.2, 0) is 6.42 Å². The SMILES string of the molecule is CCNC(=NCCCc1nc(C)no1)NC1CCC(C(C)C)CC1.I. The van der Waals surface area contributed by atoms with Crippen LogP contribution in [0.2, 0.25) is 0 Å². The highest BCUT2D eigenvalue weighted by atomic mass is 127. The monoisotopic (exact) mass is 463 g/mol. The average molecular weight is 463 g/mol. The van der Waals surface area contributed by atoms with Gasteiger partial charge in [-0.1, -0.05) is 19.0 Å². The molecule has 6 nitrogen and oxygen atoms in total. The summed E-state index contributed by atoms with van der Waals surface area (Å²) >= 11 is 0. The molecular weight excluding hydrogens is 429 g/mol. The maximum atomic E-state index is 5.13. The molecule has 0 saturated heterocycles. The van der Waals surface area contributed by atoms with Gasteiger partial charge in [-0.3, -0.25) is 4.99 Å². The first-order valence-electron chi connectivity index (χ1n) is 9.42. The van der Waals surface area contributed by atoms with Crippen molar-refractivity contribution in [2.45, 2.75) is 72.3 Å². The van der Waals surface area contributed by atoms with Gasteiger partial charge < -0.3 is 15.2 Å². The molecule has 1 saturated carbocycles. The predicted molar refractivity (Wildman–Crippen MR) is 112 cm³/mol. The molecule has 0 amide bonds. The van der Waals surface area contributed by atoms with E-state index in [9.17, 15) is 0 Å². The van der Waals surface area contributed by atoms with E-state index in [1.54, 1.807) is 0 Å². The van der Waals surface area contributed by atoms with E-state index in [4.69, 9.17) is 4.52 Å². The fourth-order valence-corrected chi connectivity index (χ4v) is 3.31. The minimum Gasteiger partial charge on any atom is -0.357 e. The van der Waals surface area contributed by atoms with Crippen LogP contribution in [0.5, 0.6) is 0 Å². The summed E-state index contributed by atoms with van der Waals surface area (Å²) in [5, 5.41) is 10.8. The lowest BCUT2D eigenvalue weighted by molar-refractivity contribution is 0.250. The van der Waals surface area contributed by atoms with Crippen molar-refractivity contribution in [2.75, 3.05) is 13.1 Å². The molecule has 0 radical (unpaired) electrons. The molecule has 0 aliphatic heterocycles. The topological polar surface area (TPSA) is 75.3 Å². The van der Waals surface area contributed by atoms with Gasteiger partial charge in [-0.15, -0.1) is 24.0 Å². The van der Waals surface area contributed by atoms with Crippen molar-refractivity contribution in [1.82, 2.24) is 20.8 Å². The van der Waals surface area contributed by atoms with E-state index in [0.717, 1.165) is 43.7 Å². The summed E-state index contributed by atoms with van der Waals surface area (Å²) in [5.41, 5.74) is 0. The van der Waals surface area contributed by atoms with Crippen LogP contribution in [0, 0.1) is 18.8 Å². The van der Waals surface area contributed by atoms with E-state index in [1.807, 2.05) is 6.92 Å². The van der Waals surface area contributed by atoms with Crippen LogP contribution in [0.25, 0.3) is 0 Å². The Kier molecular flexibility index (Phi) is 10.4. The molecule has 1 aromatic heterocycles. The third kappa shape index (κ3) is 7.92. The summed E-state index contributed by atoms with van der Waals surface area (Å²) in [5.74, 6) is 4.03. The van der Waals surface area contributed by atoms with E-state index < -0.39 is 0 Å². The first-order valence-corrected chi connectivity index (χ1v) is 9.42. The van der Waals surface area contributed by atoms with Crippen molar-refractivity contribution < 1.29 is 4.52 Å². The fourth-order valence-electron chi connectivity index (χ4n) is 3.31. The number of nitrogens with one attached hydrogen (secondary N) is 2. The Labute approximate surface area is 169 Å². The van der Waals surface area contributed by atoms with Crippen molar-refractivity contribution >= 4 is 29.9 Å². The molecule has 2 N–H and O–H groups in total. The summed E-state index contributed by atoms with van der Waals surface area (Å²) in [6.45, 7) is 10.3. The van der Waals surface area contributed by atoms with Gasteiger partial charge in [-0.2, -0.15) is 4.98 Å². The van der Waals surface area contributed by atoms with Gasteiger partial charge in [0.2, 0.25) is 5.89 Å². The Balaban J connectivity index is 0.00000312. The summed E-state index contributed by atoms with van der Waals surface area (Å²) in [7, 11) is 0. The van der Waals surface area contributed by atoms with Gasteiger partial charge in [0.1, 0.15) is 0 Å². The summed E-state index contributed by atoms with van der Waals surface area (Å²) in [6.07, 6.45) is 6.83. The zero-order chi connectivity index (χ0) is 17.4. The van der Waals surface area contributed by atoms with Crippen LogP contribution < -0.4 is 10.6 Å². The minimum atomic E-state index is 0. The van der Waals surface area contributed by atoms with Gasteiger partial charge in [0.05, 0.1) is 0 Å². The van der Waals surface area contributed by atoms with E-state index in [0.29, 0.717) is 17.8 Å². The molecule has 0 aromatic carbocycles. The van der Waals surface area contributed by atoms with Gasteiger partial charge in [-0.25, -0.2) is 0 Å². The van der Waals surface area contributed by atoms with Crippen LogP contribution in [0.15, 0.2) is 9.52 Å². The van der Waals surface area contributed by atoms with Crippen LogP contribution in [0.4, 0.5) is 0 Å². The Bertz CT molecular complexity index is 509. The summed E-state index contributed by atoms with van der Waals surface area (Å²) in [6, 6.07) is 0.552. The van der Waals surface area contributed by atoms with Gasteiger partial charge >= 0.3 is 0 Å². The average Bonchev–Trinajstić information content (AvgIpc) is 2.97. The molecule has 1 fully saturated rings. The number of hydrogen-bond donors (Lipinski definition) is 2.